The standard InChI is InChI=1S/C11H15NO2/c1-3-4-11(13)9-6-5-8(14-2)7-10(9)12/h5-7H,3-4,12H2,1-2H3. The van der Waals surface area contributed by atoms with E-state index in [1.165, 1.54) is 0 Å². The molecule has 1 aromatic rings. The van der Waals surface area contributed by atoms with Crippen LogP contribution >= 0.6 is 0 Å². The van der Waals surface area contributed by atoms with Crippen molar-refractivity contribution in [1.29, 1.82) is 0 Å². The minimum Gasteiger partial charge on any atom is -0.497 e. The molecule has 0 heterocycles. The molecular weight excluding hydrogens is 178 g/mol. The van der Waals surface area contributed by atoms with Gasteiger partial charge in [-0.3, -0.25) is 4.79 Å². The highest BCUT2D eigenvalue weighted by molar-refractivity contribution is 6.00. The Hall–Kier alpha value is -1.51. The Labute approximate surface area is 83.9 Å². The Morgan fingerprint density at radius 1 is 1.50 bits per heavy atom. The summed E-state index contributed by atoms with van der Waals surface area (Å²) >= 11 is 0. The van der Waals surface area contributed by atoms with E-state index in [-0.39, 0.29) is 5.78 Å². The first-order valence-corrected chi connectivity index (χ1v) is 4.65. The fourth-order valence-corrected chi connectivity index (χ4v) is 1.28. The maximum atomic E-state index is 11.5. The average molecular weight is 193 g/mol. The van der Waals surface area contributed by atoms with E-state index in [9.17, 15) is 4.79 Å². The molecule has 2 N–H and O–H groups in total. The number of carbonyl (C=O) groups is 1. The van der Waals surface area contributed by atoms with E-state index in [4.69, 9.17) is 10.5 Å². The second-order valence-electron chi connectivity index (χ2n) is 3.13. The molecule has 0 aliphatic heterocycles. The highest BCUT2D eigenvalue weighted by Crippen LogP contribution is 2.21. The van der Waals surface area contributed by atoms with E-state index in [0.29, 0.717) is 23.4 Å². The summed E-state index contributed by atoms with van der Waals surface area (Å²) in [6.45, 7) is 1.97. The molecule has 0 saturated carbocycles. The second kappa shape index (κ2) is 4.65. The summed E-state index contributed by atoms with van der Waals surface area (Å²) in [5.41, 5.74) is 6.81. The Balaban J connectivity index is 2.94. The minimum atomic E-state index is 0.0904. The van der Waals surface area contributed by atoms with Gasteiger partial charge in [-0.15, -0.1) is 0 Å². The SMILES string of the molecule is CCCC(=O)c1ccc(OC)cc1N. The van der Waals surface area contributed by atoms with E-state index in [2.05, 4.69) is 0 Å². The number of carbonyl (C=O) groups excluding carboxylic acids is 1. The van der Waals surface area contributed by atoms with Gasteiger partial charge in [-0.05, 0) is 18.6 Å². The van der Waals surface area contributed by atoms with Crippen molar-refractivity contribution < 1.29 is 9.53 Å². The maximum Gasteiger partial charge on any atom is 0.164 e. The van der Waals surface area contributed by atoms with Gasteiger partial charge in [0.05, 0.1) is 7.11 Å². The average Bonchev–Trinajstić information content (AvgIpc) is 2.17. The van der Waals surface area contributed by atoms with Crippen LogP contribution in [0.15, 0.2) is 18.2 Å². The van der Waals surface area contributed by atoms with Crippen LogP contribution < -0.4 is 10.5 Å². The topological polar surface area (TPSA) is 52.3 Å². The number of Topliss-reactive ketones (excluding diaryl/α,β-unsaturated/α-hetero) is 1. The molecule has 0 bridgehead atoms. The van der Waals surface area contributed by atoms with Crippen LogP contribution in [0.4, 0.5) is 5.69 Å². The number of rotatable bonds is 4. The number of ketones is 1. The lowest BCUT2D eigenvalue weighted by Gasteiger charge is -2.06. The van der Waals surface area contributed by atoms with Gasteiger partial charge in [0.25, 0.3) is 0 Å². The number of benzene rings is 1. The fraction of sp³-hybridized carbons (Fsp3) is 0.364. The molecule has 0 atom stereocenters. The molecule has 3 nitrogen and oxygen atoms in total. The van der Waals surface area contributed by atoms with Crippen molar-refractivity contribution in [3.05, 3.63) is 23.8 Å². The number of hydrogen-bond acceptors (Lipinski definition) is 3. The molecule has 0 aliphatic carbocycles. The number of nitrogen functional groups attached to an aromatic ring is 1. The molecule has 0 saturated heterocycles. The number of ether oxygens (including phenoxy) is 1. The van der Waals surface area contributed by atoms with Crippen molar-refractivity contribution in [3.8, 4) is 5.75 Å². The van der Waals surface area contributed by atoms with Crippen molar-refractivity contribution in [2.75, 3.05) is 12.8 Å². The van der Waals surface area contributed by atoms with Crippen LogP contribution in [0.3, 0.4) is 0 Å². The monoisotopic (exact) mass is 193 g/mol. The summed E-state index contributed by atoms with van der Waals surface area (Å²) in [7, 11) is 1.57. The van der Waals surface area contributed by atoms with Crippen LogP contribution in [-0.2, 0) is 0 Å². The summed E-state index contributed by atoms with van der Waals surface area (Å²) in [6.07, 6.45) is 1.38. The molecule has 0 aliphatic rings. The predicted molar refractivity (Wildman–Crippen MR) is 56.6 cm³/mol. The van der Waals surface area contributed by atoms with Crippen molar-refractivity contribution in [2.24, 2.45) is 0 Å². The fourth-order valence-electron chi connectivity index (χ4n) is 1.28. The van der Waals surface area contributed by atoms with Gasteiger partial charge in [0.1, 0.15) is 5.75 Å². The zero-order chi connectivity index (χ0) is 10.6. The van der Waals surface area contributed by atoms with E-state index in [0.717, 1.165) is 6.42 Å². The van der Waals surface area contributed by atoms with Gasteiger partial charge in [-0.1, -0.05) is 6.92 Å². The molecule has 1 rings (SSSR count). The van der Waals surface area contributed by atoms with Gasteiger partial charge in [-0.2, -0.15) is 0 Å². The van der Waals surface area contributed by atoms with Gasteiger partial charge in [0, 0.05) is 23.7 Å². The molecule has 3 heteroatoms. The normalized spacial score (nSPS) is 9.86. The minimum absolute atomic E-state index is 0.0904. The zero-order valence-electron chi connectivity index (χ0n) is 8.54. The van der Waals surface area contributed by atoms with Crippen LogP contribution in [0.2, 0.25) is 0 Å². The second-order valence-corrected chi connectivity index (χ2v) is 3.13. The Kier molecular flexibility index (Phi) is 3.51. The lowest BCUT2D eigenvalue weighted by atomic mass is 10.1. The third-order valence-corrected chi connectivity index (χ3v) is 2.04. The predicted octanol–water partition coefficient (Wildman–Crippen LogP) is 2.26. The summed E-state index contributed by atoms with van der Waals surface area (Å²) in [4.78, 5) is 11.5. The van der Waals surface area contributed by atoms with Crippen LogP contribution in [0, 0.1) is 0 Å². The molecule has 0 aromatic heterocycles. The smallest absolute Gasteiger partial charge is 0.164 e. The van der Waals surface area contributed by atoms with Crippen LogP contribution in [0.25, 0.3) is 0 Å². The molecule has 0 spiro atoms. The maximum absolute atomic E-state index is 11.5. The first-order chi connectivity index (χ1) is 6.69. The Morgan fingerprint density at radius 3 is 2.71 bits per heavy atom. The Bertz CT molecular complexity index is 334. The van der Waals surface area contributed by atoms with Gasteiger partial charge >= 0.3 is 0 Å². The third-order valence-electron chi connectivity index (χ3n) is 2.04. The number of anilines is 1. The third kappa shape index (κ3) is 2.25. The number of methoxy groups -OCH3 is 1. The van der Waals surface area contributed by atoms with Crippen molar-refractivity contribution >= 4 is 11.5 Å². The van der Waals surface area contributed by atoms with Crippen LogP contribution in [0.5, 0.6) is 5.75 Å². The largest absolute Gasteiger partial charge is 0.497 e. The molecule has 1 aromatic carbocycles. The molecule has 0 amide bonds. The number of hydrogen-bond donors (Lipinski definition) is 1. The van der Waals surface area contributed by atoms with Crippen LogP contribution in [0.1, 0.15) is 30.1 Å². The van der Waals surface area contributed by atoms with Gasteiger partial charge in [0.15, 0.2) is 5.78 Å². The first kappa shape index (κ1) is 10.6. The molecule has 0 fully saturated rings. The highest BCUT2D eigenvalue weighted by Gasteiger charge is 2.08. The van der Waals surface area contributed by atoms with E-state index < -0.39 is 0 Å². The molecule has 0 radical (unpaired) electrons. The van der Waals surface area contributed by atoms with Crippen molar-refractivity contribution in [2.45, 2.75) is 19.8 Å². The summed E-state index contributed by atoms with van der Waals surface area (Å²) in [5, 5.41) is 0. The highest BCUT2D eigenvalue weighted by atomic mass is 16.5. The Morgan fingerprint density at radius 2 is 2.21 bits per heavy atom. The number of nitrogens with two attached hydrogens (primary N) is 1. The molecular formula is C11H15NO2. The lowest BCUT2D eigenvalue weighted by molar-refractivity contribution is 0.0982. The van der Waals surface area contributed by atoms with Gasteiger partial charge in [-0.25, -0.2) is 0 Å². The van der Waals surface area contributed by atoms with Crippen LogP contribution in [-0.4, -0.2) is 12.9 Å². The summed E-state index contributed by atoms with van der Waals surface area (Å²) < 4.78 is 5.00. The van der Waals surface area contributed by atoms with E-state index in [1.54, 1.807) is 25.3 Å². The lowest BCUT2D eigenvalue weighted by Crippen LogP contribution is -2.03. The van der Waals surface area contributed by atoms with E-state index in [1.807, 2.05) is 6.92 Å². The van der Waals surface area contributed by atoms with Gasteiger partial charge < -0.3 is 10.5 Å². The molecule has 0 unspecified atom stereocenters. The summed E-state index contributed by atoms with van der Waals surface area (Å²) in [5.74, 6) is 0.767. The molecule has 76 valence electrons. The summed E-state index contributed by atoms with van der Waals surface area (Å²) in [6, 6.07) is 5.13. The van der Waals surface area contributed by atoms with Gasteiger partial charge in [0.2, 0.25) is 0 Å². The molecule has 14 heavy (non-hydrogen) atoms. The van der Waals surface area contributed by atoms with Crippen molar-refractivity contribution in [1.82, 2.24) is 0 Å². The first-order valence-electron chi connectivity index (χ1n) is 4.65. The van der Waals surface area contributed by atoms with Crippen molar-refractivity contribution in [3.63, 3.8) is 0 Å². The van der Waals surface area contributed by atoms with E-state index >= 15 is 0 Å². The zero-order valence-corrected chi connectivity index (χ0v) is 8.54. The quantitative estimate of drug-likeness (QED) is 0.589.